The van der Waals surface area contributed by atoms with Crippen LogP contribution in [-0.2, 0) is 4.74 Å². The first-order valence-electron chi connectivity index (χ1n) is 11.1. The number of hydrogen-bond donors (Lipinski definition) is 0. The van der Waals surface area contributed by atoms with E-state index in [4.69, 9.17) is 4.74 Å². The molecule has 176 valence electrons. The van der Waals surface area contributed by atoms with Crippen molar-refractivity contribution in [1.29, 1.82) is 0 Å². The Balaban J connectivity index is 1.44. The van der Waals surface area contributed by atoms with Crippen molar-refractivity contribution in [2.75, 3.05) is 13.1 Å². The summed E-state index contributed by atoms with van der Waals surface area (Å²) in [7, 11) is 0. The van der Waals surface area contributed by atoms with Gasteiger partial charge >= 0.3 is 11.8 Å². The van der Waals surface area contributed by atoms with Gasteiger partial charge in [0.25, 0.3) is 0 Å². The van der Waals surface area contributed by atoms with E-state index >= 15 is 0 Å². The van der Waals surface area contributed by atoms with Crippen molar-refractivity contribution in [1.82, 2.24) is 28.7 Å². The Morgan fingerprint density at radius 1 is 1.15 bits per heavy atom. The van der Waals surface area contributed by atoms with Crippen LogP contribution in [0.5, 0.6) is 0 Å². The minimum Gasteiger partial charge on any atom is -0.444 e. The van der Waals surface area contributed by atoms with E-state index in [-0.39, 0.29) is 23.5 Å². The zero-order valence-corrected chi connectivity index (χ0v) is 19.4. The number of nitrogens with zero attached hydrogens (tertiary/aromatic N) is 6. The van der Waals surface area contributed by atoms with Gasteiger partial charge in [0.1, 0.15) is 11.2 Å². The van der Waals surface area contributed by atoms with Gasteiger partial charge in [0.15, 0.2) is 17.3 Å². The monoisotopic (exact) mass is 464 g/mol. The molecular formula is C24H25FN6O3. The van der Waals surface area contributed by atoms with Crippen LogP contribution in [0.15, 0.2) is 41.6 Å². The van der Waals surface area contributed by atoms with Crippen molar-refractivity contribution in [3.8, 4) is 11.4 Å². The Kier molecular flexibility index (Phi) is 5.11. The lowest BCUT2D eigenvalue weighted by Gasteiger charge is -2.24. The molecule has 1 amide bonds. The van der Waals surface area contributed by atoms with Crippen molar-refractivity contribution < 1.29 is 13.9 Å². The average Bonchev–Trinajstić information content (AvgIpc) is 3.39. The second-order valence-electron chi connectivity index (χ2n) is 9.62. The van der Waals surface area contributed by atoms with E-state index in [0.29, 0.717) is 30.0 Å². The SMILES string of the molecule is Cc1cn2cc(-c3nc(=O)n4cc(C5CCN(C(=O)OC(C)(C)C)C5)ccc4n3)cc(F)c2n1. The first-order valence-corrected chi connectivity index (χ1v) is 11.1. The first-order chi connectivity index (χ1) is 16.1. The van der Waals surface area contributed by atoms with Crippen LogP contribution in [0.3, 0.4) is 0 Å². The molecule has 0 aliphatic carbocycles. The molecule has 0 bridgehead atoms. The van der Waals surface area contributed by atoms with Crippen LogP contribution in [0.1, 0.15) is 44.4 Å². The Labute approximate surface area is 194 Å². The highest BCUT2D eigenvalue weighted by Crippen LogP contribution is 2.28. The van der Waals surface area contributed by atoms with Crippen molar-refractivity contribution in [3.63, 3.8) is 0 Å². The van der Waals surface area contributed by atoms with Gasteiger partial charge in [-0.1, -0.05) is 6.07 Å². The van der Waals surface area contributed by atoms with Crippen molar-refractivity contribution in [2.24, 2.45) is 0 Å². The lowest BCUT2D eigenvalue weighted by Crippen LogP contribution is -2.35. The smallest absolute Gasteiger partial charge is 0.410 e. The van der Waals surface area contributed by atoms with Gasteiger partial charge in [0.05, 0.1) is 5.69 Å². The molecule has 1 aliphatic rings. The summed E-state index contributed by atoms with van der Waals surface area (Å²) in [5.41, 5.74) is 1.54. The quantitative estimate of drug-likeness (QED) is 0.450. The maximum absolute atomic E-state index is 14.5. The highest BCUT2D eigenvalue weighted by atomic mass is 19.1. The fourth-order valence-corrected chi connectivity index (χ4v) is 4.23. The van der Waals surface area contributed by atoms with Gasteiger partial charge in [-0.25, -0.2) is 23.9 Å². The number of aryl methyl sites for hydroxylation is 1. The maximum atomic E-state index is 14.5. The summed E-state index contributed by atoms with van der Waals surface area (Å²) < 4.78 is 22.9. The molecule has 10 heteroatoms. The normalized spacial score (nSPS) is 16.5. The summed E-state index contributed by atoms with van der Waals surface area (Å²) in [5.74, 6) is -0.299. The number of fused-ring (bicyclic) bond motifs is 2. The third-order valence-corrected chi connectivity index (χ3v) is 5.77. The van der Waals surface area contributed by atoms with E-state index in [0.717, 1.165) is 12.0 Å². The van der Waals surface area contributed by atoms with Crippen LogP contribution < -0.4 is 5.69 Å². The Morgan fingerprint density at radius 2 is 1.94 bits per heavy atom. The summed E-state index contributed by atoms with van der Waals surface area (Å²) in [6.45, 7) is 8.39. The van der Waals surface area contributed by atoms with Crippen molar-refractivity contribution in [2.45, 2.75) is 45.6 Å². The minimum absolute atomic E-state index is 0.0736. The average molecular weight is 465 g/mol. The molecule has 0 spiro atoms. The lowest BCUT2D eigenvalue weighted by atomic mass is 10.0. The number of pyridine rings is 2. The van der Waals surface area contributed by atoms with Crippen LogP contribution in [0.4, 0.5) is 9.18 Å². The molecular weight excluding hydrogens is 439 g/mol. The molecule has 0 saturated carbocycles. The summed E-state index contributed by atoms with van der Waals surface area (Å²) in [6, 6.07) is 4.93. The number of carbonyl (C=O) groups is 1. The molecule has 5 heterocycles. The number of carbonyl (C=O) groups excluding carboxylic acids is 1. The summed E-state index contributed by atoms with van der Waals surface area (Å²) in [5, 5.41) is 0. The number of amides is 1. The van der Waals surface area contributed by atoms with E-state index < -0.39 is 17.1 Å². The van der Waals surface area contributed by atoms with Crippen LogP contribution in [0.2, 0.25) is 0 Å². The van der Waals surface area contributed by atoms with Gasteiger partial charge in [-0.05, 0) is 51.8 Å². The van der Waals surface area contributed by atoms with Gasteiger partial charge in [-0.2, -0.15) is 4.98 Å². The first kappa shape index (κ1) is 22.0. The fourth-order valence-electron chi connectivity index (χ4n) is 4.23. The molecule has 1 fully saturated rings. The molecule has 4 aromatic rings. The van der Waals surface area contributed by atoms with Crippen LogP contribution in [0.25, 0.3) is 22.7 Å². The third-order valence-electron chi connectivity index (χ3n) is 5.77. The molecule has 1 unspecified atom stereocenters. The van der Waals surface area contributed by atoms with Gasteiger partial charge in [0.2, 0.25) is 0 Å². The molecule has 1 aliphatic heterocycles. The predicted octanol–water partition coefficient (Wildman–Crippen LogP) is 3.58. The lowest BCUT2D eigenvalue weighted by molar-refractivity contribution is 0.0292. The molecule has 1 saturated heterocycles. The molecule has 0 radical (unpaired) electrons. The Hall–Kier alpha value is -3.82. The predicted molar refractivity (Wildman–Crippen MR) is 123 cm³/mol. The number of halogens is 1. The molecule has 0 aromatic carbocycles. The van der Waals surface area contributed by atoms with Gasteiger partial charge in [-0.15, -0.1) is 0 Å². The second-order valence-corrected chi connectivity index (χ2v) is 9.62. The minimum atomic E-state index is -0.551. The number of ether oxygens (including phenoxy) is 1. The molecule has 4 aromatic heterocycles. The zero-order chi connectivity index (χ0) is 24.2. The number of imidazole rings is 1. The van der Waals surface area contributed by atoms with E-state index in [9.17, 15) is 14.0 Å². The standard InChI is InChI=1S/C24H25FN6O3/c1-14-10-30-12-17(9-18(25)21(30)26-14)20-27-19-6-5-15(13-31(19)22(32)28-20)16-7-8-29(11-16)23(33)34-24(2,3)4/h5-6,9-10,12-13,16H,7-8,11H2,1-4H3. The Morgan fingerprint density at radius 3 is 2.71 bits per heavy atom. The van der Waals surface area contributed by atoms with Crippen LogP contribution in [-0.4, -0.2) is 53.4 Å². The summed E-state index contributed by atoms with van der Waals surface area (Å²) in [4.78, 5) is 39.6. The molecule has 5 rings (SSSR count). The van der Waals surface area contributed by atoms with Gasteiger partial charge in [-0.3, -0.25) is 4.40 Å². The van der Waals surface area contributed by atoms with Crippen molar-refractivity contribution in [3.05, 3.63) is 64.3 Å². The summed E-state index contributed by atoms with van der Waals surface area (Å²) >= 11 is 0. The van der Waals surface area contributed by atoms with E-state index in [1.165, 1.54) is 10.5 Å². The number of likely N-dealkylation sites (tertiary alicyclic amines) is 1. The number of aromatic nitrogens is 5. The van der Waals surface area contributed by atoms with Crippen molar-refractivity contribution >= 4 is 17.4 Å². The second kappa shape index (κ2) is 7.89. The van der Waals surface area contributed by atoms with E-state index in [1.54, 1.807) is 40.9 Å². The van der Waals surface area contributed by atoms with E-state index in [1.807, 2.05) is 26.8 Å². The third kappa shape index (κ3) is 4.11. The molecule has 9 nitrogen and oxygen atoms in total. The molecule has 34 heavy (non-hydrogen) atoms. The zero-order valence-electron chi connectivity index (χ0n) is 19.4. The highest BCUT2D eigenvalue weighted by molar-refractivity contribution is 5.68. The van der Waals surface area contributed by atoms with E-state index in [2.05, 4.69) is 15.0 Å². The maximum Gasteiger partial charge on any atom is 0.410 e. The topological polar surface area (TPSA) is 94.1 Å². The molecule has 0 N–H and O–H groups in total. The Bertz CT molecular complexity index is 1490. The summed E-state index contributed by atoms with van der Waals surface area (Å²) in [6.07, 6.45) is 5.50. The largest absolute Gasteiger partial charge is 0.444 e. The number of rotatable bonds is 2. The van der Waals surface area contributed by atoms with Gasteiger partial charge in [0, 0.05) is 43.2 Å². The highest BCUT2D eigenvalue weighted by Gasteiger charge is 2.30. The van der Waals surface area contributed by atoms with Crippen LogP contribution >= 0.6 is 0 Å². The molecule has 1 atom stereocenters. The van der Waals surface area contributed by atoms with Gasteiger partial charge < -0.3 is 14.0 Å². The fraction of sp³-hybridized carbons (Fsp3) is 0.375. The number of hydrogen-bond acceptors (Lipinski definition) is 6. The van der Waals surface area contributed by atoms with Crippen LogP contribution in [0, 0.1) is 12.7 Å².